The third-order valence-corrected chi connectivity index (χ3v) is 4.17. The number of phenols is 1. The number of hydrogen-bond donors (Lipinski definition) is 2. The topological polar surface area (TPSA) is 82.4 Å². The summed E-state index contributed by atoms with van der Waals surface area (Å²) in [4.78, 5) is 12.6. The van der Waals surface area contributed by atoms with E-state index in [1.807, 2.05) is 0 Å². The Kier molecular flexibility index (Phi) is 4.56. The first-order chi connectivity index (χ1) is 12.7. The molecule has 6 nitrogen and oxygen atoms in total. The molecule has 0 saturated carbocycles. The fourth-order valence-electron chi connectivity index (χ4n) is 2.71. The Hall–Kier alpha value is -3.07. The predicted octanol–water partition coefficient (Wildman–Crippen LogP) is 2.90. The maximum Gasteiger partial charge on any atom is 0.438 e. The van der Waals surface area contributed by atoms with Gasteiger partial charge < -0.3 is 14.9 Å². The molecule has 2 N–H and O–H groups in total. The standard InChI is InChI=1S/C18H15F3N2O4/c1-27-12-6-4-5-11(9-12)14-10-17(26,18(19,20)21)23(22-14)16(25)13-7-2-3-8-15(13)24/h2-9,24,26H,10H2,1H3/t17-/m0/s1. The number of aromatic hydroxyl groups is 1. The van der Waals surface area contributed by atoms with Crippen molar-refractivity contribution in [2.24, 2.45) is 5.10 Å². The van der Waals surface area contributed by atoms with E-state index in [1.54, 1.807) is 12.1 Å². The second-order valence-electron chi connectivity index (χ2n) is 5.90. The van der Waals surface area contributed by atoms with Crippen LogP contribution in [0.3, 0.4) is 0 Å². The van der Waals surface area contributed by atoms with E-state index in [9.17, 15) is 28.2 Å². The molecule has 2 aromatic rings. The summed E-state index contributed by atoms with van der Waals surface area (Å²) in [5.74, 6) is -1.40. The quantitative estimate of drug-likeness (QED) is 0.858. The highest BCUT2D eigenvalue weighted by Gasteiger charge is 2.63. The summed E-state index contributed by atoms with van der Waals surface area (Å²) in [5.41, 5.74) is -3.82. The van der Waals surface area contributed by atoms with Crippen molar-refractivity contribution in [3.63, 3.8) is 0 Å². The van der Waals surface area contributed by atoms with Crippen molar-refractivity contribution in [2.75, 3.05) is 7.11 Å². The summed E-state index contributed by atoms with van der Waals surface area (Å²) in [5, 5.41) is 23.8. The molecule has 0 aliphatic carbocycles. The zero-order valence-corrected chi connectivity index (χ0v) is 14.1. The van der Waals surface area contributed by atoms with Crippen molar-refractivity contribution in [3.8, 4) is 11.5 Å². The molecule has 0 bridgehead atoms. The summed E-state index contributed by atoms with van der Waals surface area (Å²) < 4.78 is 45.8. The fraction of sp³-hybridized carbons (Fsp3) is 0.222. The molecule has 0 unspecified atom stereocenters. The Balaban J connectivity index is 2.08. The second-order valence-corrected chi connectivity index (χ2v) is 5.90. The number of carbonyl (C=O) groups is 1. The van der Waals surface area contributed by atoms with Gasteiger partial charge in [0.25, 0.3) is 11.6 Å². The molecule has 3 rings (SSSR count). The van der Waals surface area contributed by atoms with E-state index in [1.165, 1.54) is 31.4 Å². The summed E-state index contributed by atoms with van der Waals surface area (Å²) >= 11 is 0. The molecule has 1 aliphatic rings. The number of alkyl halides is 3. The average molecular weight is 380 g/mol. The number of phenolic OH excluding ortho intramolecular Hbond substituents is 1. The molecule has 2 aromatic carbocycles. The molecule has 9 heteroatoms. The third kappa shape index (κ3) is 3.21. The van der Waals surface area contributed by atoms with Crippen LogP contribution in [0.1, 0.15) is 22.3 Å². The van der Waals surface area contributed by atoms with E-state index in [2.05, 4.69) is 5.10 Å². The van der Waals surface area contributed by atoms with Gasteiger partial charge in [-0.25, -0.2) is 0 Å². The molecule has 0 aromatic heterocycles. The van der Waals surface area contributed by atoms with Crippen molar-refractivity contribution in [1.29, 1.82) is 0 Å². The van der Waals surface area contributed by atoms with Crippen LogP contribution >= 0.6 is 0 Å². The first-order valence-corrected chi connectivity index (χ1v) is 7.81. The largest absolute Gasteiger partial charge is 0.507 e. The lowest BCUT2D eigenvalue weighted by Gasteiger charge is -2.32. The highest BCUT2D eigenvalue weighted by atomic mass is 19.4. The van der Waals surface area contributed by atoms with Gasteiger partial charge in [0.05, 0.1) is 24.8 Å². The van der Waals surface area contributed by atoms with E-state index >= 15 is 0 Å². The van der Waals surface area contributed by atoms with Gasteiger partial charge in [-0.05, 0) is 24.3 Å². The van der Waals surface area contributed by atoms with Crippen molar-refractivity contribution >= 4 is 11.6 Å². The van der Waals surface area contributed by atoms with Gasteiger partial charge in [0.2, 0.25) is 0 Å². The lowest BCUT2D eigenvalue weighted by atomic mass is 10.00. The van der Waals surface area contributed by atoms with Crippen molar-refractivity contribution in [2.45, 2.75) is 18.3 Å². The van der Waals surface area contributed by atoms with E-state index < -0.39 is 35.5 Å². The number of hydrogen-bond acceptors (Lipinski definition) is 5. The Morgan fingerprint density at radius 2 is 1.93 bits per heavy atom. The summed E-state index contributed by atoms with van der Waals surface area (Å²) in [7, 11) is 1.40. The minimum atomic E-state index is -5.17. The number of methoxy groups -OCH3 is 1. The van der Waals surface area contributed by atoms with Crippen LogP contribution in [-0.2, 0) is 0 Å². The number of amides is 1. The van der Waals surface area contributed by atoms with Crippen molar-refractivity contribution < 1.29 is 32.9 Å². The monoisotopic (exact) mass is 380 g/mol. The van der Waals surface area contributed by atoms with Gasteiger partial charge >= 0.3 is 6.18 Å². The lowest BCUT2D eigenvalue weighted by Crippen LogP contribution is -2.56. The fourth-order valence-corrected chi connectivity index (χ4v) is 2.71. The Labute approximate surface area is 152 Å². The summed E-state index contributed by atoms with van der Waals surface area (Å²) in [6, 6.07) is 11.2. The van der Waals surface area contributed by atoms with Gasteiger partial charge in [0, 0.05) is 5.56 Å². The number of hydrazone groups is 1. The Morgan fingerprint density at radius 1 is 1.22 bits per heavy atom. The zero-order chi connectivity index (χ0) is 19.8. The highest BCUT2D eigenvalue weighted by Crippen LogP contribution is 2.42. The smallest absolute Gasteiger partial charge is 0.438 e. The number of para-hydroxylation sites is 1. The van der Waals surface area contributed by atoms with E-state index in [0.29, 0.717) is 5.75 Å². The van der Waals surface area contributed by atoms with E-state index in [0.717, 1.165) is 12.1 Å². The Morgan fingerprint density at radius 3 is 2.56 bits per heavy atom. The number of rotatable bonds is 3. The number of ether oxygens (including phenoxy) is 1. The average Bonchev–Trinajstić information content (AvgIpc) is 3.00. The van der Waals surface area contributed by atoms with E-state index in [4.69, 9.17) is 4.74 Å². The predicted molar refractivity (Wildman–Crippen MR) is 89.4 cm³/mol. The molecule has 0 spiro atoms. The minimum Gasteiger partial charge on any atom is -0.507 e. The Bertz CT molecular complexity index is 913. The highest BCUT2D eigenvalue weighted by molar-refractivity contribution is 6.06. The molecule has 1 heterocycles. The first kappa shape index (κ1) is 18.7. The number of halogens is 3. The van der Waals surface area contributed by atoms with Gasteiger partial charge in [-0.3, -0.25) is 4.79 Å². The molecule has 142 valence electrons. The van der Waals surface area contributed by atoms with Crippen LogP contribution in [0.15, 0.2) is 53.6 Å². The summed E-state index contributed by atoms with van der Waals surface area (Å²) in [6.07, 6.45) is -6.12. The van der Waals surface area contributed by atoms with Crippen LogP contribution in [0.2, 0.25) is 0 Å². The van der Waals surface area contributed by atoms with Gasteiger partial charge in [-0.15, -0.1) is 0 Å². The molecule has 0 radical (unpaired) electrons. The normalized spacial score (nSPS) is 19.7. The van der Waals surface area contributed by atoms with Crippen LogP contribution in [0.4, 0.5) is 13.2 Å². The van der Waals surface area contributed by atoms with E-state index in [-0.39, 0.29) is 16.3 Å². The van der Waals surface area contributed by atoms with Crippen LogP contribution in [0.5, 0.6) is 11.5 Å². The molecule has 1 amide bonds. The lowest BCUT2D eigenvalue weighted by molar-refractivity contribution is -0.297. The van der Waals surface area contributed by atoms with Gasteiger partial charge in [0.15, 0.2) is 0 Å². The molecule has 27 heavy (non-hydrogen) atoms. The van der Waals surface area contributed by atoms with Crippen molar-refractivity contribution in [3.05, 3.63) is 59.7 Å². The van der Waals surface area contributed by atoms with Gasteiger partial charge in [-0.2, -0.15) is 23.3 Å². The van der Waals surface area contributed by atoms with Gasteiger partial charge in [0.1, 0.15) is 11.5 Å². The maximum atomic E-state index is 13.6. The van der Waals surface area contributed by atoms with Gasteiger partial charge in [-0.1, -0.05) is 24.3 Å². The number of nitrogens with zero attached hydrogens (tertiary/aromatic N) is 2. The molecule has 0 saturated heterocycles. The SMILES string of the molecule is COc1cccc(C2=NN(C(=O)c3ccccc3O)[C@@](O)(C(F)(F)F)C2)c1. The summed E-state index contributed by atoms with van der Waals surface area (Å²) in [6.45, 7) is 0. The van der Waals surface area contributed by atoms with Crippen LogP contribution in [0.25, 0.3) is 0 Å². The molecular weight excluding hydrogens is 365 g/mol. The molecule has 0 fully saturated rings. The first-order valence-electron chi connectivity index (χ1n) is 7.81. The molecular formula is C18H15F3N2O4. The van der Waals surface area contributed by atoms with Crippen LogP contribution in [0, 0.1) is 0 Å². The number of benzene rings is 2. The molecule has 1 aliphatic heterocycles. The zero-order valence-electron chi connectivity index (χ0n) is 14.1. The molecule has 1 atom stereocenters. The second kappa shape index (κ2) is 6.58. The number of carbonyl (C=O) groups excluding carboxylic acids is 1. The number of aliphatic hydroxyl groups is 1. The maximum absolute atomic E-state index is 13.6. The third-order valence-electron chi connectivity index (χ3n) is 4.17. The van der Waals surface area contributed by atoms with Crippen LogP contribution in [-0.4, -0.2) is 45.9 Å². The van der Waals surface area contributed by atoms with Crippen molar-refractivity contribution in [1.82, 2.24) is 5.01 Å². The van der Waals surface area contributed by atoms with Crippen LogP contribution < -0.4 is 4.74 Å². The minimum absolute atomic E-state index is 0.0309.